The maximum atomic E-state index is 15.4. The molecule has 0 saturated carbocycles. The third-order valence-electron chi connectivity index (χ3n) is 18.5. The third-order valence-corrected chi connectivity index (χ3v) is 19.8. The Morgan fingerprint density at radius 1 is 0.489 bits per heavy atom. The molecule has 0 aromatic heterocycles. The quantitative estimate of drug-likeness (QED) is 0.0779. The highest BCUT2D eigenvalue weighted by Crippen LogP contribution is 2.28. The molecule has 1 aliphatic rings. The van der Waals surface area contributed by atoms with Crippen molar-refractivity contribution in [1.29, 1.82) is 0 Å². The van der Waals surface area contributed by atoms with Gasteiger partial charge in [0.15, 0.2) is 5.37 Å². The minimum Gasteiger partial charge on any atom is -0.343 e. The van der Waals surface area contributed by atoms with Crippen LogP contribution in [-0.4, -0.2) is 239 Å². The van der Waals surface area contributed by atoms with Crippen molar-refractivity contribution >= 4 is 76.9 Å². The number of likely N-dealkylation sites (N-methyl/N-ethyl adjacent to an activating group) is 7. The zero-order valence-corrected chi connectivity index (χ0v) is 62.0. The molecule has 1 saturated heterocycles. The highest BCUT2D eigenvalue weighted by atomic mass is 32.2. The van der Waals surface area contributed by atoms with Crippen LogP contribution in [0, 0.1) is 41.4 Å². The first kappa shape index (κ1) is 84.2. The number of amides is 12. The number of carbonyl (C=O) groups excluding carboxylic acids is 11. The minimum atomic E-state index is -1.30. The predicted molar refractivity (Wildman–Crippen MR) is 366 cm³/mol. The van der Waals surface area contributed by atoms with Crippen LogP contribution in [-0.2, 0) is 47.9 Å². The average Bonchev–Trinajstić information content (AvgIpc) is 0.865. The average molecular weight is 1320 g/mol. The zero-order valence-electron chi connectivity index (χ0n) is 61.1. The molecule has 0 aromatic rings. The van der Waals surface area contributed by atoms with Gasteiger partial charge in [-0.05, 0) is 114 Å². The maximum absolute atomic E-state index is 15.4. The Bertz CT molecular complexity index is 2460. The van der Waals surface area contributed by atoms with E-state index >= 15 is 33.6 Å². The summed E-state index contributed by atoms with van der Waals surface area (Å²) in [4.78, 5) is 175. The van der Waals surface area contributed by atoms with Gasteiger partial charge in [0.2, 0.25) is 47.3 Å². The minimum absolute atomic E-state index is 0.0890. The van der Waals surface area contributed by atoms with Crippen LogP contribution < -0.4 is 21.3 Å². The number of hydrogen-bond acceptors (Lipinski definition) is 13. The molecule has 528 valence electrons. The maximum Gasteiger partial charge on any atom is 0.324 e. The van der Waals surface area contributed by atoms with Crippen LogP contribution in [0.5, 0.6) is 0 Å². The Hall–Kier alpha value is -5.78. The normalized spacial score (nSPS) is 26.2. The van der Waals surface area contributed by atoms with E-state index in [1.807, 2.05) is 81.4 Å². The van der Waals surface area contributed by atoms with Crippen molar-refractivity contribution in [3.63, 3.8) is 0 Å². The van der Waals surface area contributed by atoms with Gasteiger partial charge in [0, 0.05) is 61.6 Å². The molecule has 23 nitrogen and oxygen atoms in total. The van der Waals surface area contributed by atoms with Crippen LogP contribution in [0.25, 0.3) is 0 Å². The first-order chi connectivity index (χ1) is 42.9. The van der Waals surface area contributed by atoms with Gasteiger partial charge in [0.05, 0.1) is 0 Å². The summed E-state index contributed by atoms with van der Waals surface area (Å²) in [5.74, 6) is -7.61. The van der Waals surface area contributed by atoms with Crippen molar-refractivity contribution < 1.29 is 52.7 Å². The standard InChI is InChI=1S/C68H124N12O11S/c1-26-32-33-45(14)40-51-58(82)71-50(29-4)61(85)78(24)67(92-37-36-80(30-5)31-6)66(90)77(23)56(46(15)28-3)59(83)72-54(47(16)35-34-44(13)27-2)64(88)79(25)68(91)70-48(17)57(81)69-49(18)60(84)74(20)52(38-41(7)8)62(86)75(21)53(39-42(9)10)63(87)76(22)55(43(11)12)65(89)73(51)19/h26,32,41-56,67H,27-31,33-40H2,1-25H3,(H,69,81)(H,70,91)(H,71,82)(H,72,83)/b32-26+/t44?,45-,46?,47?,48?,49?,50+,51+,52-,53?,54?,55?,56+,67-/m1/s1. The number of allylic oxidation sites excluding steroid dienone is 2. The zero-order chi connectivity index (χ0) is 70.9. The summed E-state index contributed by atoms with van der Waals surface area (Å²) in [7, 11) is 10.2. The molecule has 1 heterocycles. The molecule has 1 rings (SSSR count). The molecule has 92 heavy (non-hydrogen) atoms. The van der Waals surface area contributed by atoms with E-state index in [0.717, 1.165) is 24.4 Å². The molecule has 0 aromatic carbocycles. The van der Waals surface area contributed by atoms with Crippen molar-refractivity contribution in [3.8, 4) is 0 Å². The third kappa shape index (κ3) is 24.2. The summed E-state index contributed by atoms with van der Waals surface area (Å²) in [6.45, 7) is 35.3. The first-order valence-corrected chi connectivity index (χ1v) is 35.0. The summed E-state index contributed by atoms with van der Waals surface area (Å²) in [5, 5.41) is 9.93. The molecule has 0 radical (unpaired) electrons. The van der Waals surface area contributed by atoms with E-state index in [-0.39, 0.29) is 49.4 Å². The van der Waals surface area contributed by atoms with Crippen LogP contribution in [0.2, 0.25) is 0 Å². The van der Waals surface area contributed by atoms with Crippen LogP contribution in [0.15, 0.2) is 12.2 Å². The van der Waals surface area contributed by atoms with Gasteiger partial charge >= 0.3 is 6.03 Å². The van der Waals surface area contributed by atoms with Gasteiger partial charge in [-0.15, -0.1) is 11.8 Å². The van der Waals surface area contributed by atoms with Gasteiger partial charge in [0.1, 0.15) is 54.4 Å². The lowest BCUT2D eigenvalue weighted by Gasteiger charge is -2.41. The highest BCUT2D eigenvalue weighted by Gasteiger charge is 2.45. The molecule has 24 heteroatoms. The van der Waals surface area contributed by atoms with Crippen LogP contribution >= 0.6 is 11.8 Å². The Kier molecular flexibility index (Phi) is 37.0. The first-order valence-electron chi connectivity index (χ1n) is 33.9. The van der Waals surface area contributed by atoms with Gasteiger partial charge in [-0.3, -0.25) is 52.8 Å². The largest absolute Gasteiger partial charge is 0.343 e. The SMILES string of the molecule is C/C=C/C[C@@H](C)C[C@H]1C(=O)N[C@@H](CC)C(=O)N(C)[C@H](SCCN(CC)CC)C(=O)N(C)[C@@H](C(C)CC)C(=O)NC(C(C)CCC(C)CC)C(=O)N(C)C(=O)NC(C)C(=O)NC(C)C(=O)N(C)[C@H](CC(C)C)C(=O)N(C)C(CC(C)C)C(=O)N(C)C(C(C)C)C(=O)N1C. The number of rotatable bonds is 23. The number of carbonyl (C=O) groups is 11. The number of hydrogen-bond donors (Lipinski definition) is 4. The lowest BCUT2D eigenvalue weighted by Crippen LogP contribution is -2.62. The molecular weight excluding hydrogens is 1190 g/mol. The van der Waals surface area contributed by atoms with Gasteiger partial charge in [0.25, 0.3) is 11.8 Å². The fraction of sp³-hybridized carbons (Fsp3) is 0.809. The van der Waals surface area contributed by atoms with Crippen LogP contribution in [0.4, 0.5) is 4.79 Å². The molecule has 0 bridgehead atoms. The van der Waals surface area contributed by atoms with Gasteiger partial charge < -0.3 is 55.6 Å². The van der Waals surface area contributed by atoms with Crippen LogP contribution in [0.1, 0.15) is 182 Å². The lowest BCUT2D eigenvalue weighted by atomic mass is 9.89. The Morgan fingerprint density at radius 3 is 1.50 bits per heavy atom. The second-order valence-electron chi connectivity index (χ2n) is 27.2. The van der Waals surface area contributed by atoms with Crippen molar-refractivity contribution in [2.45, 2.75) is 242 Å². The Labute approximate surface area is 558 Å². The fourth-order valence-electron chi connectivity index (χ4n) is 11.7. The van der Waals surface area contributed by atoms with E-state index in [0.29, 0.717) is 38.0 Å². The molecule has 1 aliphatic heterocycles. The smallest absolute Gasteiger partial charge is 0.324 e. The van der Waals surface area contributed by atoms with E-state index in [1.165, 1.54) is 104 Å². The van der Waals surface area contributed by atoms with Gasteiger partial charge in [-0.25, -0.2) is 4.79 Å². The van der Waals surface area contributed by atoms with Crippen molar-refractivity contribution in [2.75, 3.05) is 74.7 Å². The molecular formula is C68H124N12O11S. The molecule has 8 unspecified atom stereocenters. The summed E-state index contributed by atoms with van der Waals surface area (Å²) < 4.78 is 0. The molecule has 0 aliphatic carbocycles. The number of urea groups is 1. The summed E-state index contributed by atoms with van der Waals surface area (Å²) >= 11 is 1.22. The van der Waals surface area contributed by atoms with Crippen molar-refractivity contribution in [3.05, 3.63) is 12.2 Å². The number of nitrogens with zero attached hydrogens (tertiary/aromatic N) is 8. The molecule has 4 N–H and O–H groups in total. The number of thioether (sulfide) groups is 1. The lowest BCUT2D eigenvalue weighted by molar-refractivity contribution is -0.156. The van der Waals surface area contributed by atoms with E-state index in [4.69, 9.17) is 0 Å². The molecule has 1 fully saturated rings. The highest BCUT2D eigenvalue weighted by molar-refractivity contribution is 8.00. The topological polar surface area (TPSA) is 262 Å². The number of nitrogens with one attached hydrogen (secondary N) is 4. The molecule has 12 amide bonds. The summed E-state index contributed by atoms with van der Waals surface area (Å²) in [6.07, 6.45) is 7.49. The Morgan fingerprint density at radius 2 is 1.01 bits per heavy atom. The van der Waals surface area contributed by atoms with Crippen molar-refractivity contribution in [1.82, 2.24) is 60.5 Å². The Balaban J connectivity index is 4.51. The second-order valence-corrected chi connectivity index (χ2v) is 28.4. The number of imide groups is 1. The summed E-state index contributed by atoms with van der Waals surface area (Å²) in [5.41, 5.74) is 0. The predicted octanol–water partition coefficient (Wildman–Crippen LogP) is 6.68. The van der Waals surface area contributed by atoms with E-state index in [2.05, 4.69) is 40.0 Å². The van der Waals surface area contributed by atoms with E-state index in [1.54, 1.807) is 27.7 Å². The monoisotopic (exact) mass is 1320 g/mol. The van der Waals surface area contributed by atoms with E-state index in [9.17, 15) is 19.2 Å². The molecule has 0 spiro atoms. The second kappa shape index (κ2) is 40.5. The van der Waals surface area contributed by atoms with Crippen LogP contribution in [0.3, 0.4) is 0 Å². The van der Waals surface area contributed by atoms with Gasteiger partial charge in [-0.2, -0.15) is 0 Å². The molecule has 14 atom stereocenters. The van der Waals surface area contributed by atoms with E-state index < -0.39 is 143 Å². The summed E-state index contributed by atoms with van der Waals surface area (Å²) in [6, 6.07) is -11.7. The van der Waals surface area contributed by atoms with Crippen molar-refractivity contribution in [2.24, 2.45) is 41.4 Å². The fourth-order valence-corrected chi connectivity index (χ4v) is 12.9. The van der Waals surface area contributed by atoms with Gasteiger partial charge in [-0.1, -0.05) is 135 Å².